The van der Waals surface area contributed by atoms with Gasteiger partial charge in [-0.2, -0.15) is 0 Å². The second kappa shape index (κ2) is 4.00. The fourth-order valence-electron chi connectivity index (χ4n) is 1.69. The van der Waals surface area contributed by atoms with Crippen molar-refractivity contribution in [2.24, 2.45) is 0 Å². The molecule has 0 radical (unpaired) electrons. The summed E-state index contributed by atoms with van der Waals surface area (Å²) in [4.78, 5) is 0. The molecule has 5 heteroatoms. The van der Waals surface area contributed by atoms with Gasteiger partial charge in [0.1, 0.15) is 5.75 Å². The van der Waals surface area contributed by atoms with Crippen molar-refractivity contribution in [3.63, 3.8) is 0 Å². The van der Waals surface area contributed by atoms with E-state index in [0.29, 0.717) is 9.94 Å². The number of hydrogen-bond donors (Lipinski definition) is 1. The lowest BCUT2D eigenvalue weighted by Crippen LogP contribution is -2.41. The van der Waals surface area contributed by atoms with E-state index in [1.54, 1.807) is 6.07 Å². The number of benzene rings is 1. The summed E-state index contributed by atoms with van der Waals surface area (Å²) in [6.07, 6.45) is 0. The molecule has 1 saturated heterocycles. The predicted molar refractivity (Wildman–Crippen MR) is 71.5 cm³/mol. The molecule has 2 rings (SSSR count). The molecule has 1 aliphatic heterocycles. The van der Waals surface area contributed by atoms with Gasteiger partial charge in [0.15, 0.2) is 0 Å². The first-order valence-electron chi connectivity index (χ1n) is 5.57. The molecule has 1 heterocycles. The topological polar surface area (TPSA) is 38.7 Å². The number of para-hydroxylation sites is 1. The maximum atomic E-state index is 9.99. The third kappa shape index (κ3) is 2.12. The third-order valence-corrected chi connectivity index (χ3v) is 4.17. The van der Waals surface area contributed by atoms with Crippen LogP contribution in [0.3, 0.4) is 0 Å². The number of rotatable bonds is 1. The highest BCUT2D eigenvalue weighted by Crippen LogP contribution is 2.37. The normalized spacial score (nSPS) is 21.8. The zero-order valence-corrected chi connectivity index (χ0v) is 12.0. The Morgan fingerprint density at radius 1 is 1.12 bits per heavy atom. The SMILES string of the molecule is CC1(C)OB(c2cccc(Br)c2O)OC1(C)C. The van der Waals surface area contributed by atoms with Crippen LogP contribution in [0.1, 0.15) is 27.7 Å². The molecule has 1 aromatic carbocycles. The van der Waals surface area contributed by atoms with Gasteiger partial charge in [-0.05, 0) is 49.7 Å². The van der Waals surface area contributed by atoms with Crippen LogP contribution in [0.5, 0.6) is 5.75 Å². The number of phenolic OH excluding ortho intramolecular Hbond substituents is 1. The van der Waals surface area contributed by atoms with Crippen molar-refractivity contribution in [1.82, 2.24) is 0 Å². The van der Waals surface area contributed by atoms with Crippen molar-refractivity contribution in [2.75, 3.05) is 0 Å². The Balaban J connectivity index is 2.36. The lowest BCUT2D eigenvalue weighted by atomic mass is 9.78. The Morgan fingerprint density at radius 2 is 1.65 bits per heavy atom. The van der Waals surface area contributed by atoms with Crippen LogP contribution < -0.4 is 5.46 Å². The quantitative estimate of drug-likeness (QED) is 0.810. The molecule has 0 saturated carbocycles. The van der Waals surface area contributed by atoms with Gasteiger partial charge in [-0.3, -0.25) is 0 Å². The van der Waals surface area contributed by atoms with Crippen LogP contribution in [-0.4, -0.2) is 23.4 Å². The van der Waals surface area contributed by atoms with Crippen LogP contribution in [0.4, 0.5) is 0 Å². The van der Waals surface area contributed by atoms with Crippen LogP contribution in [-0.2, 0) is 9.31 Å². The Kier molecular flexibility index (Phi) is 3.05. The zero-order chi connectivity index (χ0) is 12.8. The standard InChI is InChI=1S/C12H16BBrO3/c1-11(2)12(3,4)17-13(16-11)8-6-5-7-9(14)10(8)15/h5-7,15H,1-4H3. The minimum Gasteiger partial charge on any atom is -0.507 e. The van der Waals surface area contributed by atoms with Gasteiger partial charge in [0.25, 0.3) is 0 Å². The summed E-state index contributed by atoms with van der Waals surface area (Å²) in [5, 5.41) is 9.99. The predicted octanol–water partition coefficient (Wildman–Crippen LogP) is 2.45. The second-order valence-electron chi connectivity index (χ2n) is 5.27. The summed E-state index contributed by atoms with van der Waals surface area (Å²) < 4.78 is 12.4. The monoisotopic (exact) mass is 298 g/mol. The average molecular weight is 299 g/mol. The number of halogens is 1. The van der Waals surface area contributed by atoms with Crippen LogP contribution in [0.15, 0.2) is 22.7 Å². The molecule has 1 aromatic rings. The summed E-state index contributed by atoms with van der Waals surface area (Å²) in [6.45, 7) is 7.95. The highest BCUT2D eigenvalue weighted by atomic mass is 79.9. The molecule has 1 N–H and O–H groups in total. The Hall–Kier alpha value is -0.515. The van der Waals surface area contributed by atoms with E-state index in [4.69, 9.17) is 9.31 Å². The van der Waals surface area contributed by atoms with E-state index in [0.717, 1.165) is 0 Å². The lowest BCUT2D eigenvalue weighted by Gasteiger charge is -2.32. The van der Waals surface area contributed by atoms with Crippen molar-refractivity contribution >= 4 is 28.5 Å². The zero-order valence-electron chi connectivity index (χ0n) is 10.5. The lowest BCUT2D eigenvalue weighted by molar-refractivity contribution is 0.00578. The molecule has 92 valence electrons. The van der Waals surface area contributed by atoms with E-state index in [9.17, 15) is 5.11 Å². The smallest absolute Gasteiger partial charge is 0.498 e. The minimum absolute atomic E-state index is 0.172. The fraction of sp³-hybridized carbons (Fsp3) is 0.500. The van der Waals surface area contributed by atoms with Gasteiger partial charge < -0.3 is 14.4 Å². The molecule has 3 nitrogen and oxygen atoms in total. The van der Waals surface area contributed by atoms with Crippen molar-refractivity contribution in [2.45, 2.75) is 38.9 Å². The molecule has 0 aliphatic carbocycles. The summed E-state index contributed by atoms with van der Waals surface area (Å²) in [7, 11) is -0.530. The maximum Gasteiger partial charge on any atom is 0.498 e. The first-order valence-corrected chi connectivity index (χ1v) is 6.37. The highest BCUT2D eigenvalue weighted by molar-refractivity contribution is 9.10. The van der Waals surface area contributed by atoms with Crippen LogP contribution >= 0.6 is 15.9 Å². The van der Waals surface area contributed by atoms with E-state index < -0.39 is 18.3 Å². The van der Waals surface area contributed by atoms with Crippen molar-refractivity contribution in [1.29, 1.82) is 0 Å². The molecule has 0 bridgehead atoms. The molecule has 0 unspecified atom stereocenters. The molecule has 17 heavy (non-hydrogen) atoms. The first kappa shape index (κ1) is 12.9. The minimum atomic E-state index is -0.530. The third-order valence-electron chi connectivity index (χ3n) is 3.53. The van der Waals surface area contributed by atoms with E-state index in [2.05, 4.69) is 15.9 Å². The molecular formula is C12H16BBrO3. The maximum absolute atomic E-state index is 9.99. The first-order chi connectivity index (χ1) is 7.74. The molecule has 1 aliphatic rings. The van der Waals surface area contributed by atoms with Crippen molar-refractivity contribution in [3.05, 3.63) is 22.7 Å². The van der Waals surface area contributed by atoms with Crippen molar-refractivity contribution in [3.8, 4) is 5.75 Å². The van der Waals surface area contributed by atoms with Gasteiger partial charge in [0.2, 0.25) is 0 Å². The van der Waals surface area contributed by atoms with Crippen LogP contribution in [0, 0.1) is 0 Å². The Morgan fingerprint density at radius 3 is 2.18 bits per heavy atom. The fourth-order valence-corrected chi connectivity index (χ4v) is 2.07. The summed E-state index contributed by atoms with van der Waals surface area (Å²) in [5.74, 6) is 0.172. The van der Waals surface area contributed by atoms with E-state index in [-0.39, 0.29) is 5.75 Å². The number of hydrogen-bond acceptors (Lipinski definition) is 3. The van der Waals surface area contributed by atoms with Gasteiger partial charge in [-0.25, -0.2) is 0 Å². The van der Waals surface area contributed by atoms with Crippen LogP contribution in [0.2, 0.25) is 0 Å². The van der Waals surface area contributed by atoms with Gasteiger partial charge in [-0.1, -0.05) is 12.1 Å². The molecule has 0 aromatic heterocycles. The molecule has 0 atom stereocenters. The molecule has 1 fully saturated rings. The van der Waals surface area contributed by atoms with Gasteiger partial charge in [0, 0.05) is 5.46 Å². The molecule has 0 amide bonds. The molecular weight excluding hydrogens is 283 g/mol. The van der Waals surface area contributed by atoms with Gasteiger partial charge >= 0.3 is 7.12 Å². The summed E-state index contributed by atoms with van der Waals surface area (Å²) in [5.41, 5.74) is -0.142. The molecule has 0 spiro atoms. The number of aromatic hydroxyl groups is 1. The van der Waals surface area contributed by atoms with E-state index in [1.165, 1.54) is 0 Å². The number of phenols is 1. The van der Waals surface area contributed by atoms with Gasteiger partial charge in [-0.15, -0.1) is 0 Å². The summed E-state index contributed by atoms with van der Waals surface area (Å²) in [6, 6.07) is 5.44. The van der Waals surface area contributed by atoms with E-state index in [1.807, 2.05) is 39.8 Å². The van der Waals surface area contributed by atoms with Crippen molar-refractivity contribution < 1.29 is 14.4 Å². The largest absolute Gasteiger partial charge is 0.507 e. The Bertz CT molecular complexity index is 429. The second-order valence-corrected chi connectivity index (χ2v) is 6.12. The Labute approximate surface area is 110 Å². The van der Waals surface area contributed by atoms with Crippen LogP contribution in [0.25, 0.3) is 0 Å². The average Bonchev–Trinajstić information content (AvgIpc) is 2.40. The highest BCUT2D eigenvalue weighted by Gasteiger charge is 2.52. The van der Waals surface area contributed by atoms with Gasteiger partial charge in [0.05, 0.1) is 15.7 Å². The van der Waals surface area contributed by atoms with E-state index >= 15 is 0 Å². The summed E-state index contributed by atoms with van der Waals surface area (Å²) >= 11 is 3.29.